The first-order valence-electron chi connectivity index (χ1n) is 6.39. The lowest BCUT2D eigenvalue weighted by atomic mass is 10.1. The van der Waals surface area contributed by atoms with E-state index in [1.165, 1.54) is 0 Å². The van der Waals surface area contributed by atoms with E-state index in [1.54, 1.807) is 7.11 Å². The Hall–Kier alpha value is -0.660. The summed E-state index contributed by atoms with van der Waals surface area (Å²) in [5, 5.41) is 3.02. The van der Waals surface area contributed by atoms with Crippen molar-refractivity contribution in [2.45, 2.75) is 38.3 Å². The van der Waals surface area contributed by atoms with Gasteiger partial charge in [0.1, 0.15) is 0 Å². The van der Waals surface area contributed by atoms with E-state index in [0.717, 1.165) is 0 Å². The zero-order valence-corrected chi connectivity index (χ0v) is 12.6. The molecule has 7 heteroatoms. The van der Waals surface area contributed by atoms with E-state index in [4.69, 9.17) is 9.47 Å². The Morgan fingerprint density at radius 1 is 1.42 bits per heavy atom. The molecule has 0 aromatic carbocycles. The molecule has 0 aromatic rings. The molecule has 1 aliphatic heterocycles. The van der Waals surface area contributed by atoms with Crippen molar-refractivity contribution >= 4 is 15.8 Å². The molecule has 1 saturated heterocycles. The minimum atomic E-state index is -3.02. The Morgan fingerprint density at radius 2 is 2.11 bits per heavy atom. The molecule has 1 unspecified atom stereocenters. The lowest BCUT2D eigenvalue weighted by molar-refractivity contribution is -0.145. The predicted octanol–water partition coefficient (Wildman–Crippen LogP) is 0.121. The van der Waals surface area contributed by atoms with E-state index in [9.17, 15) is 13.2 Å². The molecule has 1 heterocycles. The lowest BCUT2D eigenvalue weighted by Crippen LogP contribution is -2.46. The molecule has 0 radical (unpaired) electrons. The Labute approximate surface area is 114 Å². The highest BCUT2D eigenvalue weighted by Gasteiger charge is 2.26. The van der Waals surface area contributed by atoms with Gasteiger partial charge in [-0.25, -0.2) is 8.42 Å². The van der Waals surface area contributed by atoms with Gasteiger partial charge in [0.2, 0.25) is 0 Å². The minimum absolute atomic E-state index is 0.00562. The van der Waals surface area contributed by atoms with E-state index < -0.39 is 9.84 Å². The van der Waals surface area contributed by atoms with E-state index in [-0.39, 0.29) is 42.1 Å². The number of nitrogens with one attached hydrogen (secondary N) is 1. The molecule has 1 N–H and O–H groups in total. The maximum absolute atomic E-state index is 11.6. The zero-order chi connectivity index (χ0) is 14.5. The van der Waals surface area contributed by atoms with Crippen LogP contribution in [-0.2, 0) is 24.1 Å². The standard InChI is InChI=1S/C12H23NO5S/c1-12(2,17-3)4-6-18-11(14)8-10-9-19(15,16)7-5-13-10/h10,13H,4-9H2,1-3H3. The van der Waals surface area contributed by atoms with Crippen LogP contribution in [0.25, 0.3) is 0 Å². The second-order valence-corrected chi connectivity index (χ2v) is 7.63. The number of ether oxygens (including phenoxy) is 2. The molecule has 0 spiro atoms. The Balaban J connectivity index is 2.28. The van der Waals surface area contributed by atoms with Crippen molar-refractivity contribution < 1.29 is 22.7 Å². The van der Waals surface area contributed by atoms with Crippen LogP contribution in [0.1, 0.15) is 26.7 Å². The van der Waals surface area contributed by atoms with Gasteiger partial charge < -0.3 is 14.8 Å². The van der Waals surface area contributed by atoms with E-state index in [2.05, 4.69) is 5.32 Å². The average Bonchev–Trinajstić information content (AvgIpc) is 2.27. The number of carbonyl (C=O) groups excluding carboxylic acids is 1. The summed E-state index contributed by atoms with van der Waals surface area (Å²) in [6, 6.07) is -0.332. The second kappa shape index (κ2) is 6.67. The molecule has 1 aliphatic rings. The van der Waals surface area contributed by atoms with Gasteiger partial charge in [-0.2, -0.15) is 0 Å². The second-order valence-electron chi connectivity index (χ2n) is 5.40. The van der Waals surface area contributed by atoms with E-state index in [1.807, 2.05) is 13.8 Å². The molecule has 1 fully saturated rings. The van der Waals surface area contributed by atoms with E-state index >= 15 is 0 Å². The van der Waals surface area contributed by atoms with Crippen molar-refractivity contribution in [1.29, 1.82) is 0 Å². The summed E-state index contributed by atoms with van der Waals surface area (Å²) in [5.74, 6) is -0.229. The van der Waals surface area contributed by atoms with Crippen LogP contribution < -0.4 is 5.32 Å². The molecule has 0 bridgehead atoms. The van der Waals surface area contributed by atoms with Crippen LogP contribution in [0.3, 0.4) is 0 Å². The maximum Gasteiger partial charge on any atom is 0.307 e. The summed E-state index contributed by atoms with van der Waals surface area (Å²) in [5.41, 5.74) is -0.327. The van der Waals surface area contributed by atoms with Crippen LogP contribution in [-0.4, -0.2) is 57.8 Å². The van der Waals surface area contributed by atoms with Gasteiger partial charge >= 0.3 is 5.97 Å². The van der Waals surface area contributed by atoms with Crippen LogP contribution in [0, 0.1) is 0 Å². The molecule has 1 rings (SSSR count). The predicted molar refractivity (Wildman–Crippen MR) is 71.7 cm³/mol. The molecular weight excluding hydrogens is 270 g/mol. The first-order valence-corrected chi connectivity index (χ1v) is 8.21. The first-order chi connectivity index (χ1) is 8.74. The van der Waals surface area contributed by atoms with Crippen LogP contribution in [0.5, 0.6) is 0 Å². The highest BCUT2D eigenvalue weighted by molar-refractivity contribution is 7.91. The number of sulfone groups is 1. The lowest BCUT2D eigenvalue weighted by Gasteiger charge is -2.24. The number of methoxy groups -OCH3 is 1. The molecule has 0 amide bonds. The van der Waals surface area contributed by atoms with Crippen molar-refractivity contribution in [1.82, 2.24) is 5.32 Å². The topological polar surface area (TPSA) is 81.7 Å². The van der Waals surface area contributed by atoms with Crippen LogP contribution in [0.2, 0.25) is 0 Å². The van der Waals surface area contributed by atoms with Gasteiger partial charge in [-0.1, -0.05) is 0 Å². The van der Waals surface area contributed by atoms with Gasteiger partial charge in [0, 0.05) is 26.1 Å². The summed E-state index contributed by atoms with van der Waals surface area (Å²) in [4.78, 5) is 11.6. The van der Waals surface area contributed by atoms with Crippen molar-refractivity contribution in [3.05, 3.63) is 0 Å². The number of carbonyl (C=O) groups is 1. The quantitative estimate of drug-likeness (QED) is 0.701. The molecular formula is C12H23NO5S. The normalized spacial score (nSPS) is 23.0. The van der Waals surface area contributed by atoms with Gasteiger partial charge in [0.25, 0.3) is 0 Å². The molecule has 1 atom stereocenters. The summed E-state index contributed by atoms with van der Waals surface area (Å²) < 4.78 is 33.1. The van der Waals surface area contributed by atoms with E-state index in [0.29, 0.717) is 13.0 Å². The Morgan fingerprint density at radius 3 is 2.68 bits per heavy atom. The van der Waals surface area contributed by atoms with Gasteiger partial charge in [0.05, 0.1) is 30.1 Å². The van der Waals surface area contributed by atoms with Gasteiger partial charge in [0.15, 0.2) is 9.84 Å². The molecule has 0 saturated carbocycles. The summed E-state index contributed by atoms with van der Waals surface area (Å²) in [6.45, 7) is 4.50. The first kappa shape index (κ1) is 16.4. The summed E-state index contributed by atoms with van der Waals surface area (Å²) in [6.07, 6.45) is 0.693. The van der Waals surface area contributed by atoms with Crippen molar-refractivity contribution in [3.8, 4) is 0 Å². The van der Waals surface area contributed by atoms with Crippen LogP contribution in [0.15, 0.2) is 0 Å². The average molecular weight is 293 g/mol. The summed E-state index contributed by atoms with van der Waals surface area (Å²) in [7, 11) is -1.41. The highest BCUT2D eigenvalue weighted by atomic mass is 32.2. The summed E-state index contributed by atoms with van der Waals surface area (Å²) >= 11 is 0. The Kier molecular flexibility index (Phi) is 5.76. The molecule has 19 heavy (non-hydrogen) atoms. The highest BCUT2D eigenvalue weighted by Crippen LogP contribution is 2.13. The number of esters is 1. The number of hydrogen-bond donors (Lipinski definition) is 1. The van der Waals surface area contributed by atoms with Gasteiger partial charge in [-0.05, 0) is 13.8 Å². The SMILES string of the molecule is COC(C)(C)CCOC(=O)CC1CS(=O)(=O)CCN1. The third-order valence-corrected chi connectivity index (χ3v) is 4.97. The largest absolute Gasteiger partial charge is 0.466 e. The fourth-order valence-electron chi connectivity index (χ4n) is 1.77. The van der Waals surface area contributed by atoms with Crippen LogP contribution in [0.4, 0.5) is 0 Å². The fraction of sp³-hybridized carbons (Fsp3) is 0.917. The van der Waals surface area contributed by atoms with Gasteiger partial charge in [-0.3, -0.25) is 4.79 Å². The Bertz CT molecular complexity index is 404. The third kappa shape index (κ3) is 6.35. The molecule has 112 valence electrons. The number of rotatable bonds is 6. The van der Waals surface area contributed by atoms with Crippen molar-refractivity contribution in [2.24, 2.45) is 0 Å². The zero-order valence-electron chi connectivity index (χ0n) is 11.8. The smallest absolute Gasteiger partial charge is 0.307 e. The monoisotopic (exact) mass is 293 g/mol. The number of hydrogen-bond acceptors (Lipinski definition) is 6. The van der Waals surface area contributed by atoms with Crippen molar-refractivity contribution in [3.63, 3.8) is 0 Å². The minimum Gasteiger partial charge on any atom is -0.466 e. The molecule has 6 nitrogen and oxygen atoms in total. The maximum atomic E-state index is 11.6. The van der Waals surface area contributed by atoms with Crippen LogP contribution >= 0.6 is 0 Å². The molecule has 0 aliphatic carbocycles. The molecule has 0 aromatic heterocycles. The fourth-order valence-corrected chi connectivity index (χ4v) is 3.22. The van der Waals surface area contributed by atoms with Crippen molar-refractivity contribution in [2.75, 3.05) is 31.8 Å². The third-order valence-electron chi connectivity index (χ3n) is 3.23. The van der Waals surface area contributed by atoms with Gasteiger partial charge in [-0.15, -0.1) is 0 Å².